The van der Waals surface area contributed by atoms with Crippen LogP contribution in [0.4, 0.5) is 0 Å². The lowest BCUT2D eigenvalue weighted by Crippen LogP contribution is -2.05. The van der Waals surface area contributed by atoms with Crippen molar-refractivity contribution in [1.82, 2.24) is 0 Å². The molecule has 0 radical (unpaired) electrons. The lowest BCUT2D eigenvalue weighted by molar-refractivity contribution is 0.242. The van der Waals surface area contributed by atoms with Crippen molar-refractivity contribution in [2.24, 2.45) is 0 Å². The molecule has 72 valence electrons. The maximum absolute atomic E-state index is 5.89. The molecular formula is C9H9Cl3O. The third kappa shape index (κ3) is 2.94. The molecule has 0 aromatic heterocycles. The van der Waals surface area contributed by atoms with Crippen molar-refractivity contribution in [2.45, 2.75) is 20.0 Å². The Balaban J connectivity index is 3.05. The molecule has 1 aromatic rings. The van der Waals surface area contributed by atoms with E-state index in [2.05, 4.69) is 0 Å². The van der Waals surface area contributed by atoms with E-state index in [4.69, 9.17) is 39.5 Å². The summed E-state index contributed by atoms with van der Waals surface area (Å²) >= 11 is 17.5. The maximum Gasteiger partial charge on any atom is 0.141 e. The van der Waals surface area contributed by atoms with Gasteiger partial charge in [0, 0.05) is 11.1 Å². The Bertz CT molecular complexity index is 310. The minimum atomic E-state index is 0.0482. The van der Waals surface area contributed by atoms with Crippen LogP contribution in [0.1, 0.15) is 13.8 Å². The fourth-order valence-electron chi connectivity index (χ4n) is 0.872. The summed E-state index contributed by atoms with van der Waals surface area (Å²) in [4.78, 5) is 0. The van der Waals surface area contributed by atoms with Crippen LogP contribution in [-0.4, -0.2) is 6.10 Å². The molecule has 0 aliphatic heterocycles. The lowest BCUT2D eigenvalue weighted by atomic mass is 10.3. The maximum atomic E-state index is 5.89. The number of halogens is 3. The fourth-order valence-corrected chi connectivity index (χ4v) is 1.50. The molecule has 0 spiro atoms. The molecule has 0 unspecified atom stereocenters. The SMILES string of the molecule is CC(C)Oc1cc(Cl)cc(Cl)c1Cl. The van der Waals surface area contributed by atoms with Crippen LogP contribution >= 0.6 is 34.8 Å². The second-order valence-electron chi connectivity index (χ2n) is 2.87. The Morgan fingerprint density at radius 1 is 1.15 bits per heavy atom. The minimum Gasteiger partial charge on any atom is -0.489 e. The summed E-state index contributed by atoms with van der Waals surface area (Å²) in [5.41, 5.74) is 0. The van der Waals surface area contributed by atoms with E-state index in [0.717, 1.165) is 0 Å². The molecule has 0 aliphatic carbocycles. The third-order valence-electron chi connectivity index (χ3n) is 1.32. The van der Waals surface area contributed by atoms with E-state index in [0.29, 0.717) is 20.8 Å². The van der Waals surface area contributed by atoms with E-state index in [-0.39, 0.29) is 6.10 Å². The zero-order chi connectivity index (χ0) is 10.0. The van der Waals surface area contributed by atoms with Gasteiger partial charge in [0.1, 0.15) is 10.8 Å². The first kappa shape index (κ1) is 11.0. The van der Waals surface area contributed by atoms with Gasteiger partial charge in [0.2, 0.25) is 0 Å². The number of hydrogen-bond acceptors (Lipinski definition) is 1. The molecule has 0 bridgehead atoms. The zero-order valence-corrected chi connectivity index (χ0v) is 9.54. The van der Waals surface area contributed by atoms with Gasteiger partial charge in [0.25, 0.3) is 0 Å². The van der Waals surface area contributed by atoms with Crippen molar-refractivity contribution in [3.8, 4) is 5.75 Å². The van der Waals surface area contributed by atoms with Crippen molar-refractivity contribution in [2.75, 3.05) is 0 Å². The molecule has 0 amide bonds. The molecule has 0 atom stereocenters. The van der Waals surface area contributed by atoms with Gasteiger partial charge in [-0.1, -0.05) is 34.8 Å². The van der Waals surface area contributed by atoms with E-state index in [9.17, 15) is 0 Å². The molecule has 0 fully saturated rings. The van der Waals surface area contributed by atoms with Gasteiger partial charge in [-0.15, -0.1) is 0 Å². The molecule has 0 aliphatic rings. The molecule has 4 heteroatoms. The van der Waals surface area contributed by atoms with Crippen molar-refractivity contribution in [3.63, 3.8) is 0 Å². The predicted octanol–water partition coefficient (Wildman–Crippen LogP) is 4.43. The average molecular weight is 240 g/mol. The first-order chi connectivity index (χ1) is 6.00. The Morgan fingerprint density at radius 2 is 1.77 bits per heavy atom. The smallest absolute Gasteiger partial charge is 0.141 e. The highest BCUT2D eigenvalue weighted by molar-refractivity contribution is 6.44. The normalized spacial score (nSPS) is 10.6. The molecule has 1 rings (SSSR count). The standard InChI is InChI=1S/C9H9Cl3O/c1-5(2)13-8-4-6(10)3-7(11)9(8)12/h3-5H,1-2H3. The topological polar surface area (TPSA) is 9.23 Å². The first-order valence-corrected chi connectivity index (χ1v) is 4.95. The van der Waals surface area contributed by atoms with Crippen molar-refractivity contribution >= 4 is 34.8 Å². The monoisotopic (exact) mass is 238 g/mol. The van der Waals surface area contributed by atoms with Crippen LogP contribution in [0.15, 0.2) is 12.1 Å². The van der Waals surface area contributed by atoms with E-state index >= 15 is 0 Å². The quantitative estimate of drug-likeness (QED) is 0.694. The summed E-state index contributed by atoms with van der Waals surface area (Å²) < 4.78 is 5.41. The van der Waals surface area contributed by atoms with Crippen LogP contribution in [0, 0.1) is 0 Å². The Morgan fingerprint density at radius 3 is 2.31 bits per heavy atom. The Labute approximate surface area is 92.5 Å². The van der Waals surface area contributed by atoms with Gasteiger partial charge in [-0.2, -0.15) is 0 Å². The second-order valence-corrected chi connectivity index (χ2v) is 4.09. The largest absolute Gasteiger partial charge is 0.489 e. The van der Waals surface area contributed by atoms with Gasteiger partial charge in [-0.25, -0.2) is 0 Å². The molecule has 1 nitrogen and oxygen atoms in total. The molecule has 13 heavy (non-hydrogen) atoms. The van der Waals surface area contributed by atoms with Crippen molar-refractivity contribution in [3.05, 3.63) is 27.2 Å². The predicted molar refractivity (Wildman–Crippen MR) is 57.2 cm³/mol. The van der Waals surface area contributed by atoms with Crippen LogP contribution in [0.3, 0.4) is 0 Å². The van der Waals surface area contributed by atoms with E-state index < -0.39 is 0 Å². The van der Waals surface area contributed by atoms with Crippen molar-refractivity contribution in [1.29, 1.82) is 0 Å². The summed E-state index contributed by atoms with van der Waals surface area (Å²) in [6.07, 6.45) is 0.0482. The molecule has 0 heterocycles. The molecule has 1 aromatic carbocycles. The van der Waals surface area contributed by atoms with Gasteiger partial charge in [0.15, 0.2) is 0 Å². The number of rotatable bonds is 2. The highest BCUT2D eigenvalue weighted by Crippen LogP contribution is 2.35. The van der Waals surface area contributed by atoms with Gasteiger partial charge >= 0.3 is 0 Å². The molecule has 0 saturated heterocycles. The second kappa shape index (κ2) is 4.41. The summed E-state index contributed by atoms with van der Waals surface area (Å²) in [6, 6.07) is 3.23. The van der Waals surface area contributed by atoms with Gasteiger partial charge < -0.3 is 4.74 Å². The molecule has 0 N–H and O–H groups in total. The van der Waals surface area contributed by atoms with Gasteiger partial charge in [-0.05, 0) is 19.9 Å². The van der Waals surface area contributed by atoms with Crippen LogP contribution in [0.2, 0.25) is 15.1 Å². The average Bonchev–Trinajstić information content (AvgIpc) is 1.98. The first-order valence-electron chi connectivity index (χ1n) is 3.82. The highest BCUT2D eigenvalue weighted by atomic mass is 35.5. The molecule has 0 saturated carbocycles. The van der Waals surface area contributed by atoms with Crippen LogP contribution < -0.4 is 4.74 Å². The minimum absolute atomic E-state index is 0.0482. The van der Waals surface area contributed by atoms with Crippen LogP contribution in [0.25, 0.3) is 0 Å². The summed E-state index contributed by atoms with van der Waals surface area (Å²) in [6.45, 7) is 3.82. The van der Waals surface area contributed by atoms with E-state index in [1.54, 1.807) is 12.1 Å². The van der Waals surface area contributed by atoms with Crippen LogP contribution in [0.5, 0.6) is 5.75 Å². The number of benzene rings is 1. The van der Waals surface area contributed by atoms with Crippen molar-refractivity contribution < 1.29 is 4.74 Å². The van der Waals surface area contributed by atoms with Gasteiger partial charge in [0.05, 0.1) is 11.1 Å². The Hall–Kier alpha value is -0.110. The number of ether oxygens (including phenoxy) is 1. The summed E-state index contributed by atoms with van der Waals surface area (Å²) in [7, 11) is 0. The summed E-state index contributed by atoms with van der Waals surface area (Å²) in [5, 5.41) is 1.33. The Kier molecular flexibility index (Phi) is 3.72. The fraction of sp³-hybridized carbons (Fsp3) is 0.333. The summed E-state index contributed by atoms with van der Waals surface area (Å²) in [5.74, 6) is 0.522. The van der Waals surface area contributed by atoms with E-state index in [1.807, 2.05) is 13.8 Å². The highest BCUT2D eigenvalue weighted by Gasteiger charge is 2.09. The lowest BCUT2D eigenvalue weighted by Gasteiger charge is -2.12. The third-order valence-corrected chi connectivity index (χ3v) is 2.33. The number of hydrogen-bond donors (Lipinski definition) is 0. The molecular weight excluding hydrogens is 230 g/mol. The zero-order valence-electron chi connectivity index (χ0n) is 7.27. The van der Waals surface area contributed by atoms with E-state index in [1.165, 1.54) is 0 Å². The van der Waals surface area contributed by atoms with Gasteiger partial charge in [-0.3, -0.25) is 0 Å². The van der Waals surface area contributed by atoms with Crippen LogP contribution in [-0.2, 0) is 0 Å².